The highest BCUT2D eigenvalue weighted by molar-refractivity contribution is 5.97. The molecule has 4 heteroatoms. The molecule has 1 heterocycles. The third-order valence-corrected chi connectivity index (χ3v) is 2.90. The maximum Gasteiger partial charge on any atom is 0.123 e. The van der Waals surface area contributed by atoms with Crippen LogP contribution in [0.4, 0.5) is 0 Å². The van der Waals surface area contributed by atoms with E-state index in [0.717, 1.165) is 28.4 Å². The standard InChI is InChI=1S/C15H17N3O/c1-11-15(17-9-8-16-11)12(2)18-10-13-6-4-5-7-14(13)19-3/h4-9H,10H2,1-3H3. The van der Waals surface area contributed by atoms with E-state index in [9.17, 15) is 0 Å². The number of methoxy groups -OCH3 is 1. The molecule has 2 rings (SSSR count). The van der Waals surface area contributed by atoms with Crippen LogP contribution in [0.3, 0.4) is 0 Å². The van der Waals surface area contributed by atoms with Gasteiger partial charge in [-0.3, -0.25) is 15.0 Å². The molecule has 0 atom stereocenters. The van der Waals surface area contributed by atoms with Crippen molar-refractivity contribution in [3.63, 3.8) is 0 Å². The summed E-state index contributed by atoms with van der Waals surface area (Å²) < 4.78 is 5.31. The van der Waals surface area contributed by atoms with Gasteiger partial charge in [-0.05, 0) is 19.9 Å². The van der Waals surface area contributed by atoms with Gasteiger partial charge in [0.05, 0.1) is 25.1 Å². The van der Waals surface area contributed by atoms with Crippen molar-refractivity contribution >= 4 is 5.71 Å². The van der Waals surface area contributed by atoms with Crippen molar-refractivity contribution in [3.8, 4) is 5.75 Å². The van der Waals surface area contributed by atoms with Gasteiger partial charge in [0, 0.05) is 18.0 Å². The molecule has 0 bridgehead atoms. The first-order valence-corrected chi connectivity index (χ1v) is 6.13. The van der Waals surface area contributed by atoms with E-state index >= 15 is 0 Å². The Morgan fingerprint density at radius 1 is 1.21 bits per heavy atom. The van der Waals surface area contributed by atoms with Gasteiger partial charge in [-0.15, -0.1) is 0 Å². The van der Waals surface area contributed by atoms with Gasteiger partial charge in [0.25, 0.3) is 0 Å². The largest absolute Gasteiger partial charge is 0.496 e. The molecule has 0 saturated heterocycles. The average Bonchev–Trinajstić information content (AvgIpc) is 2.45. The summed E-state index contributed by atoms with van der Waals surface area (Å²) in [5.41, 5.74) is 3.68. The zero-order chi connectivity index (χ0) is 13.7. The number of rotatable bonds is 4. The van der Waals surface area contributed by atoms with Crippen molar-refractivity contribution in [1.29, 1.82) is 0 Å². The summed E-state index contributed by atoms with van der Waals surface area (Å²) >= 11 is 0. The lowest BCUT2D eigenvalue weighted by Crippen LogP contribution is -2.04. The Kier molecular flexibility index (Phi) is 4.23. The molecular weight excluding hydrogens is 238 g/mol. The summed E-state index contributed by atoms with van der Waals surface area (Å²) in [6.07, 6.45) is 3.37. The van der Waals surface area contributed by atoms with E-state index in [4.69, 9.17) is 4.74 Å². The summed E-state index contributed by atoms with van der Waals surface area (Å²) in [6, 6.07) is 7.88. The predicted octanol–water partition coefficient (Wildman–Crippen LogP) is 2.80. The summed E-state index contributed by atoms with van der Waals surface area (Å²) in [5.74, 6) is 0.856. The van der Waals surface area contributed by atoms with Crippen molar-refractivity contribution in [1.82, 2.24) is 9.97 Å². The molecule has 0 spiro atoms. The van der Waals surface area contributed by atoms with Crippen LogP contribution in [0, 0.1) is 6.92 Å². The lowest BCUT2D eigenvalue weighted by Gasteiger charge is -2.07. The van der Waals surface area contributed by atoms with Crippen LogP contribution >= 0.6 is 0 Å². The Morgan fingerprint density at radius 2 is 1.95 bits per heavy atom. The van der Waals surface area contributed by atoms with Crippen LogP contribution in [-0.2, 0) is 6.54 Å². The van der Waals surface area contributed by atoms with Crippen LogP contribution in [0.5, 0.6) is 5.75 Å². The topological polar surface area (TPSA) is 47.4 Å². The Bertz CT molecular complexity index is 593. The lowest BCUT2D eigenvalue weighted by atomic mass is 10.2. The number of aryl methyl sites for hydroxylation is 1. The normalized spacial score (nSPS) is 11.4. The number of benzene rings is 1. The van der Waals surface area contributed by atoms with Crippen molar-refractivity contribution < 1.29 is 4.74 Å². The molecule has 2 aromatic rings. The van der Waals surface area contributed by atoms with E-state index in [1.807, 2.05) is 38.1 Å². The molecule has 0 fully saturated rings. The highest BCUT2D eigenvalue weighted by Gasteiger charge is 2.05. The Hall–Kier alpha value is -2.23. The van der Waals surface area contributed by atoms with Gasteiger partial charge in [0.1, 0.15) is 11.4 Å². The van der Waals surface area contributed by atoms with Gasteiger partial charge in [-0.25, -0.2) is 0 Å². The van der Waals surface area contributed by atoms with E-state index in [2.05, 4.69) is 15.0 Å². The second kappa shape index (κ2) is 6.09. The monoisotopic (exact) mass is 255 g/mol. The molecule has 4 nitrogen and oxygen atoms in total. The number of aliphatic imine (C=N–C) groups is 1. The fraction of sp³-hybridized carbons (Fsp3) is 0.267. The quantitative estimate of drug-likeness (QED) is 0.789. The van der Waals surface area contributed by atoms with Crippen molar-refractivity contribution in [2.24, 2.45) is 4.99 Å². The fourth-order valence-electron chi connectivity index (χ4n) is 1.88. The molecule has 1 aromatic carbocycles. The SMILES string of the molecule is COc1ccccc1CN=C(C)c1nccnc1C. The molecule has 0 unspecified atom stereocenters. The van der Waals surface area contributed by atoms with Crippen LogP contribution in [0.1, 0.15) is 23.9 Å². The van der Waals surface area contributed by atoms with E-state index in [0.29, 0.717) is 6.54 Å². The number of hydrogen-bond acceptors (Lipinski definition) is 4. The number of aromatic nitrogens is 2. The van der Waals surface area contributed by atoms with Crippen molar-refractivity contribution in [2.75, 3.05) is 7.11 Å². The van der Waals surface area contributed by atoms with Crippen LogP contribution in [0.15, 0.2) is 41.7 Å². The molecule has 19 heavy (non-hydrogen) atoms. The van der Waals surface area contributed by atoms with E-state index in [1.165, 1.54) is 0 Å². The van der Waals surface area contributed by atoms with Gasteiger partial charge in [0.2, 0.25) is 0 Å². The van der Waals surface area contributed by atoms with E-state index in [1.54, 1.807) is 19.5 Å². The van der Waals surface area contributed by atoms with E-state index < -0.39 is 0 Å². The minimum Gasteiger partial charge on any atom is -0.496 e. The number of para-hydroxylation sites is 1. The summed E-state index contributed by atoms with van der Waals surface area (Å²) in [5, 5.41) is 0. The molecule has 0 radical (unpaired) electrons. The molecule has 0 aliphatic rings. The first-order valence-electron chi connectivity index (χ1n) is 6.13. The van der Waals surface area contributed by atoms with Crippen LogP contribution in [0.25, 0.3) is 0 Å². The zero-order valence-corrected chi connectivity index (χ0v) is 11.4. The minimum absolute atomic E-state index is 0.575. The molecule has 0 saturated carbocycles. The molecule has 0 aliphatic heterocycles. The molecule has 0 N–H and O–H groups in total. The summed E-state index contributed by atoms with van der Waals surface area (Å²) in [6.45, 7) is 4.46. The number of ether oxygens (including phenoxy) is 1. The third kappa shape index (κ3) is 3.16. The molecule has 0 aliphatic carbocycles. The fourth-order valence-corrected chi connectivity index (χ4v) is 1.88. The third-order valence-electron chi connectivity index (χ3n) is 2.90. The maximum atomic E-state index is 5.31. The highest BCUT2D eigenvalue weighted by Crippen LogP contribution is 2.18. The molecule has 1 aromatic heterocycles. The second-order valence-corrected chi connectivity index (χ2v) is 4.20. The van der Waals surface area contributed by atoms with E-state index in [-0.39, 0.29) is 0 Å². The lowest BCUT2D eigenvalue weighted by molar-refractivity contribution is 0.410. The van der Waals surface area contributed by atoms with Gasteiger partial charge in [-0.1, -0.05) is 18.2 Å². The average molecular weight is 255 g/mol. The van der Waals surface area contributed by atoms with Gasteiger partial charge < -0.3 is 4.74 Å². The molecular formula is C15H17N3O. The van der Waals surface area contributed by atoms with Gasteiger partial charge in [-0.2, -0.15) is 0 Å². The zero-order valence-electron chi connectivity index (χ0n) is 11.4. The predicted molar refractivity (Wildman–Crippen MR) is 75.7 cm³/mol. The first-order chi connectivity index (χ1) is 9.22. The summed E-state index contributed by atoms with van der Waals surface area (Å²) in [7, 11) is 1.67. The van der Waals surface area contributed by atoms with Crippen LogP contribution < -0.4 is 4.74 Å². The summed E-state index contributed by atoms with van der Waals surface area (Å²) in [4.78, 5) is 13.1. The second-order valence-electron chi connectivity index (χ2n) is 4.20. The van der Waals surface area contributed by atoms with Crippen LogP contribution in [0.2, 0.25) is 0 Å². The van der Waals surface area contributed by atoms with Crippen LogP contribution in [-0.4, -0.2) is 22.8 Å². The van der Waals surface area contributed by atoms with Crippen molar-refractivity contribution in [3.05, 3.63) is 53.6 Å². The smallest absolute Gasteiger partial charge is 0.123 e. The number of nitrogens with zero attached hydrogens (tertiary/aromatic N) is 3. The maximum absolute atomic E-state index is 5.31. The minimum atomic E-state index is 0.575. The highest BCUT2D eigenvalue weighted by atomic mass is 16.5. The molecule has 98 valence electrons. The van der Waals surface area contributed by atoms with Crippen molar-refractivity contribution in [2.45, 2.75) is 20.4 Å². The van der Waals surface area contributed by atoms with Gasteiger partial charge >= 0.3 is 0 Å². The molecule has 0 amide bonds. The number of hydrogen-bond donors (Lipinski definition) is 0. The Labute approximate surface area is 113 Å². The Morgan fingerprint density at radius 3 is 2.68 bits per heavy atom. The first kappa shape index (κ1) is 13.2. The van der Waals surface area contributed by atoms with Gasteiger partial charge in [0.15, 0.2) is 0 Å². The Balaban J connectivity index is 2.21.